The first-order chi connectivity index (χ1) is 6.83. The van der Waals surface area contributed by atoms with Crippen LogP contribution in [0.4, 0.5) is 0 Å². The number of carbonyl (C=O) groups is 1. The molecule has 0 aliphatic carbocycles. The topological polar surface area (TPSA) is 61.9 Å². The number of halogens is 1. The van der Waals surface area contributed by atoms with Crippen molar-refractivity contribution >= 4 is 17.5 Å². The second-order valence-electron chi connectivity index (χ2n) is 3.25. The highest BCUT2D eigenvalue weighted by Crippen LogP contribution is 2.29. The summed E-state index contributed by atoms with van der Waals surface area (Å²) in [5, 5.41) is 6.57. The number of carbonyl (C=O) groups excluding carboxylic acids is 1. The lowest BCUT2D eigenvalue weighted by Gasteiger charge is -2.21. The van der Waals surface area contributed by atoms with Crippen LogP contribution in [0.5, 0.6) is 0 Å². The van der Waals surface area contributed by atoms with Crippen LogP contribution in [0.2, 0.25) is 0 Å². The molecule has 2 heterocycles. The van der Waals surface area contributed by atoms with Gasteiger partial charge in [-0.3, -0.25) is 9.89 Å². The second-order valence-corrected chi connectivity index (χ2v) is 3.52. The van der Waals surface area contributed by atoms with Crippen LogP contribution in [0.1, 0.15) is 24.7 Å². The zero-order valence-electron chi connectivity index (χ0n) is 7.61. The lowest BCUT2D eigenvalue weighted by Crippen LogP contribution is -2.31. The number of aromatic amines is 1. The Morgan fingerprint density at radius 2 is 2.64 bits per heavy atom. The largest absolute Gasteiger partial charge is 0.331 e. The molecule has 1 fully saturated rings. The molecule has 14 heavy (non-hydrogen) atoms. The second kappa shape index (κ2) is 3.96. The van der Waals surface area contributed by atoms with Crippen LogP contribution in [0, 0.1) is 0 Å². The quantitative estimate of drug-likeness (QED) is 0.738. The molecule has 1 amide bonds. The number of rotatable bonds is 2. The van der Waals surface area contributed by atoms with Gasteiger partial charge in [0, 0.05) is 6.54 Å². The van der Waals surface area contributed by atoms with E-state index in [9.17, 15) is 4.79 Å². The monoisotopic (exact) mass is 214 g/mol. The van der Waals surface area contributed by atoms with Crippen molar-refractivity contribution in [2.24, 2.45) is 0 Å². The molecule has 0 bridgehead atoms. The summed E-state index contributed by atoms with van der Waals surface area (Å²) in [6, 6.07) is 0.0312. The first-order valence-electron chi connectivity index (χ1n) is 4.53. The molecule has 1 aliphatic rings. The first-order valence-corrected chi connectivity index (χ1v) is 5.07. The Morgan fingerprint density at radius 3 is 3.29 bits per heavy atom. The van der Waals surface area contributed by atoms with Crippen molar-refractivity contribution in [1.29, 1.82) is 0 Å². The highest BCUT2D eigenvalue weighted by Gasteiger charge is 2.30. The highest BCUT2D eigenvalue weighted by atomic mass is 35.5. The maximum absolute atomic E-state index is 11.5. The van der Waals surface area contributed by atoms with Crippen LogP contribution < -0.4 is 0 Å². The van der Waals surface area contributed by atoms with Gasteiger partial charge in [0.25, 0.3) is 0 Å². The molecule has 76 valence electrons. The average molecular weight is 215 g/mol. The molecular formula is C8H11ClN4O. The Labute approximate surface area is 86.5 Å². The van der Waals surface area contributed by atoms with Gasteiger partial charge in [-0.1, -0.05) is 0 Å². The summed E-state index contributed by atoms with van der Waals surface area (Å²) in [5.41, 5.74) is 0. The molecule has 0 aromatic carbocycles. The number of hydrogen-bond acceptors (Lipinski definition) is 3. The smallest absolute Gasteiger partial charge is 0.238 e. The third-order valence-electron chi connectivity index (χ3n) is 2.44. The summed E-state index contributed by atoms with van der Waals surface area (Å²) in [5.74, 6) is 0.747. The molecule has 1 atom stereocenters. The van der Waals surface area contributed by atoms with Crippen molar-refractivity contribution in [2.75, 3.05) is 12.4 Å². The van der Waals surface area contributed by atoms with E-state index < -0.39 is 0 Å². The fourth-order valence-electron chi connectivity index (χ4n) is 1.80. The fourth-order valence-corrected chi connectivity index (χ4v) is 1.96. The van der Waals surface area contributed by atoms with E-state index in [0.29, 0.717) is 0 Å². The number of hydrogen-bond donors (Lipinski definition) is 1. The van der Waals surface area contributed by atoms with Gasteiger partial charge in [-0.05, 0) is 12.8 Å². The molecule has 6 heteroatoms. The number of alkyl halides is 1. The maximum atomic E-state index is 11.5. The molecule has 1 aliphatic heterocycles. The Balaban J connectivity index is 2.15. The lowest BCUT2D eigenvalue weighted by atomic mass is 10.2. The molecule has 0 spiro atoms. The van der Waals surface area contributed by atoms with Crippen molar-refractivity contribution in [3.63, 3.8) is 0 Å². The normalized spacial score (nSPS) is 21.5. The van der Waals surface area contributed by atoms with Gasteiger partial charge < -0.3 is 4.90 Å². The summed E-state index contributed by atoms with van der Waals surface area (Å²) < 4.78 is 0. The zero-order chi connectivity index (χ0) is 9.97. The zero-order valence-corrected chi connectivity index (χ0v) is 8.37. The first kappa shape index (κ1) is 9.45. The number of likely N-dealkylation sites (tertiary alicyclic amines) is 1. The minimum Gasteiger partial charge on any atom is -0.331 e. The molecule has 5 nitrogen and oxygen atoms in total. The van der Waals surface area contributed by atoms with Crippen LogP contribution in [-0.2, 0) is 4.79 Å². The van der Waals surface area contributed by atoms with E-state index in [2.05, 4.69) is 15.2 Å². The Kier molecular flexibility index (Phi) is 2.67. The number of amides is 1. The minimum absolute atomic E-state index is 0.0312. The Bertz CT molecular complexity index is 313. The van der Waals surface area contributed by atoms with Crippen molar-refractivity contribution in [1.82, 2.24) is 20.1 Å². The third kappa shape index (κ3) is 1.59. The predicted octanol–water partition coefficient (Wildman–Crippen LogP) is 0.707. The molecule has 0 saturated carbocycles. The van der Waals surface area contributed by atoms with Crippen LogP contribution in [-0.4, -0.2) is 38.4 Å². The van der Waals surface area contributed by atoms with E-state index >= 15 is 0 Å². The van der Waals surface area contributed by atoms with Gasteiger partial charge in [0.05, 0.1) is 6.04 Å². The molecule has 2 rings (SSSR count). The maximum Gasteiger partial charge on any atom is 0.238 e. The number of nitrogens with zero attached hydrogens (tertiary/aromatic N) is 3. The van der Waals surface area contributed by atoms with Crippen molar-refractivity contribution in [3.8, 4) is 0 Å². The van der Waals surface area contributed by atoms with Crippen molar-refractivity contribution < 1.29 is 4.79 Å². The fraction of sp³-hybridized carbons (Fsp3) is 0.625. The van der Waals surface area contributed by atoms with E-state index in [-0.39, 0.29) is 17.8 Å². The van der Waals surface area contributed by atoms with Crippen LogP contribution in [0.25, 0.3) is 0 Å². The molecule has 1 aromatic heterocycles. The summed E-state index contributed by atoms with van der Waals surface area (Å²) >= 11 is 5.52. The van der Waals surface area contributed by atoms with E-state index in [1.165, 1.54) is 6.33 Å². The summed E-state index contributed by atoms with van der Waals surface area (Å²) in [7, 11) is 0. The summed E-state index contributed by atoms with van der Waals surface area (Å²) in [4.78, 5) is 17.3. The summed E-state index contributed by atoms with van der Waals surface area (Å²) in [6.45, 7) is 0.761. The Morgan fingerprint density at radius 1 is 1.79 bits per heavy atom. The van der Waals surface area contributed by atoms with Gasteiger partial charge >= 0.3 is 0 Å². The lowest BCUT2D eigenvalue weighted by molar-refractivity contribution is -0.129. The van der Waals surface area contributed by atoms with E-state index in [1.807, 2.05) is 0 Å². The SMILES string of the molecule is O=C(CCl)N1CCC[C@@H]1c1ncn[nH]1. The van der Waals surface area contributed by atoms with Crippen LogP contribution in [0.3, 0.4) is 0 Å². The number of nitrogens with one attached hydrogen (secondary N) is 1. The van der Waals surface area contributed by atoms with Crippen molar-refractivity contribution in [2.45, 2.75) is 18.9 Å². The van der Waals surface area contributed by atoms with Gasteiger partial charge in [0.1, 0.15) is 18.0 Å². The van der Waals surface area contributed by atoms with E-state index in [0.717, 1.165) is 25.2 Å². The molecular weight excluding hydrogens is 204 g/mol. The van der Waals surface area contributed by atoms with Crippen LogP contribution in [0.15, 0.2) is 6.33 Å². The molecule has 0 radical (unpaired) electrons. The number of aromatic nitrogens is 3. The van der Waals surface area contributed by atoms with Gasteiger partial charge in [0.15, 0.2) is 0 Å². The van der Waals surface area contributed by atoms with Crippen LogP contribution >= 0.6 is 11.6 Å². The highest BCUT2D eigenvalue weighted by molar-refractivity contribution is 6.27. The molecule has 1 saturated heterocycles. The molecule has 1 aromatic rings. The predicted molar refractivity (Wildman–Crippen MR) is 50.8 cm³/mol. The average Bonchev–Trinajstić information content (AvgIpc) is 2.85. The molecule has 0 unspecified atom stereocenters. The minimum atomic E-state index is -0.0365. The van der Waals surface area contributed by atoms with E-state index in [1.54, 1.807) is 4.90 Å². The molecule has 1 N–H and O–H groups in total. The van der Waals surface area contributed by atoms with Gasteiger partial charge in [-0.2, -0.15) is 5.10 Å². The summed E-state index contributed by atoms with van der Waals surface area (Å²) in [6.07, 6.45) is 3.38. The van der Waals surface area contributed by atoms with Crippen molar-refractivity contribution in [3.05, 3.63) is 12.2 Å². The number of H-pyrrole nitrogens is 1. The standard InChI is InChI=1S/C8H11ClN4O/c9-4-7(14)13-3-1-2-6(13)8-10-5-11-12-8/h5-6H,1-4H2,(H,10,11,12)/t6-/m1/s1. The van der Waals surface area contributed by atoms with E-state index in [4.69, 9.17) is 11.6 Å². The van der Waals surface area contributed by atoms with Gasteiger partial charge in [-0.25, -0.2) is 4.98 Å². The third-order valence-corrected chi connectivity index (χ3v) is 2.67. The van der Waals surface area contributed by atoms with Gasteiger partial charge in [-0.15, -0.1) is 11.6 Å². The van der Waals surface area contributed by atoms with Gasteiger partial charge in [0.2, 0.25) is 5.91 Å². The Hall–Kier alpha value is -1.10.